The van der Waals surface area contributed by atoms with Crippen LogP contribution in [0.5, 0.6) is 0 Å². The minimum atomic E-state index is -0.00240. The van der Waals surface area contributed by atoms with E-state index >= 15 is 0 Å². The van der Waals surface area contributed by atoms with Crippen molar-refractivity contribution in [3.63, 3.8) is 0 Å². The highest BCUT2D eigenvalue weighted by molar-refractivity contribution is 6.33. The molecule has 0 unspecified atom stereocenters. The summed E-state index contributed by atoms with van der Waals surface area (Å²) in [7, 11) is 1.82. The first kappa shape index (κ1) is 19.5. The minimum Gasteiger partial charge on any atom is -0.363 e. The standard InChI is InChI=1S/C23H28ClN5O/c1-23(2,3)14-29-19-9-10-20(25-21(19)26(4)22(29)30)28-13-15-11-16(28)12-27(15)18-8-6-5-7-17(18)24/h5-10,15-16H,11-14H2,1-4H3/t15-,16-/m0/s1. The van der Waals surface area contributed by atoms with Gasteiger partial charge in [-0.15, -0.1) is 0 Å². The second-order valence-corrected chi connectivity index (χ2v) is 10.2. The molecule has 5 rings (SSSR count). The molecule has 7 heteroatoms. The van der Waals surface area contributed by atoms with Crippen molar-refractivity contribution in [2.75, 3.05) is 22.9 Å². The zero-order valence-corrected chi connectivity index (χ0v) is 18.7. The number of anilines is 2. The van der Waals surface area contributed by atoms with Crippen molar-refractivity contribution in [3.05, 3.63) is 51.9 Å². The number of fused-ring (bicyclic) bond motifs is 3. The molecule has 158 valence electrons. The van der Waals surface area contributed by atoms with Gasteiger partial charge in [0.1, 0.15) is 5.82 Å². The second kappa shape index (κ2) is 6.77. The van der Waals surface area contributed by atoms with Gasteiger partial charge in [0.15, 0.2) is 5.65 Å². The van der Waals surface area contributed by atoms with Crippen LogP contribution in [0.2, 0.25) is 5.02 Å². The van der Waals surface area contributed by atoms with Crippen molar-refractivity contribution in [1.82, 2.24) is 14.1 Å². The van der Waals surface area contributed by atoms with Gasteiger partial charge in [-0.2, -0.15) is 0 Å². The molecule has 6 nitrogen and oxygen atoms in total. The fourth-order valence-corrected chi connectivity index (χ4v) is 5.22. The van der Waals surface area contributed by atoms with E-state index in [0.29, 0.717) is 18.6 Å². The molecule has 2 aromatic heterocycles. The first-order valence-corrected chi connectivity index (χ1v) is 10.9. The van der Waals surface area contributed by atoms with Crippen LogP contribution in [0.3, 0.4) is 0 Å². The van der Waals surface area contributed by atoms with Crippen molar-refractivity contribution in [2.45, 2.75) is 45.8 Å². The third-order valence-corrected chi connectivity index (χ3v) is 6.61. The second-order valence-electron chi connectivity index (χ2n) is 9.80. The SMILES string of the molecule is Cn1c(=O)n(CC(C)(C)C)c2ccc(N3C[C@@H]4C[C@H]3CN4c3ccccc3Cl)nc21. The summed E-state index contributed by atoms with van der Waals surface area (Å²) >= 11 is 6.44. The lowest BCUT2D eigenvalue weighted by molar-refractivity contribution is 0.342. The van der Waals surface area contributed by atoms with Gasteiger partial charge in [0, 0.05) is 32.7 Å². The molecular weight excluding hydrogens is 398 g/mol. The number of hydrogen-bond donors (Lipinski definition) is 0. The maximum atomic E-state index is 12.8. The van der Waals surface area contributed by atoms with Gasteiger partial charge in [-0.05, 0) is 36.1 Å². The van der Waals surface area contributed by atoms with Crippen LogP contribution in [-0.2, 0) is 13.6 Å². The third kappa shape index (κ3) is 3.09. The van der Waals surface area contributed by atoms with Crippen LogP contribution in [0, 0.1) is 5.41 Å². The number of hydrogen-bond acceptors (Lipinski definition) is 4. The third-order valence-electron chi connectivity index (χ3n) is 6.30. The molecule has 2 aliphatic heterocycles. The highest BCUT2D eigenvalue weighted by Gasteiger charge is 2.44. The minimum absolute atomic E-state index is 0.00240. The number of aromatic nitrogens is 3. The Morgan fingerprint density at radius 3 is 2.43 bits per heavy atom. The molecule has 0 aliphatic carbocycles. The van der Waals surface area contributed by atoms with Gasteiger partial charge in [0.05, 0.1) is 22.3 Å². The molecule has 4 heterocycles. The summed E-state index contributed by atoms with van der Waals surface area (Å²) in [5.41, 5.74) is 2.80. The first-order valence-electron chi connectivity index (χ1n) is 10.6. The van der Waals surface area contributed by atoms with Crippen molar-refractivity contribution in [1.29, 1.82) is 0 Å². The molecule has 30 heavy (non-hydrogen) atoms. The molecule has 2 saturated heterocycles. The Bertz CT molecular complexity index is 1170. The zero-order chi connectivity index (χ0) is 21.2. The van der Waals surface area contributed by atoms with E-state index in [-0.39, 0.29) is 11.1 Å². The van der Waals surface area contributed by atoms with Gasteiger partial charge in [-0.3, -0.25) is 9.13 Å². The lowest BCUT2D eigenvalue weighted by atomic mass is 9.97. The molecule has 0 amide bonds. The molecular formula is C23H28ClN5O. The summed E-state index contributed by atoms with van der Waals surface area (Å²) in [6.45, 7) is 8.97. The Labute approximate surface area is 181 Å². The summed E-state index contributed by atoms with van der Waals surface area (Å²) in [4.78, 5) is 22.6. The average molecular weight is 426 g/mol. The van der Waals surface area contributed by atoms with Crippen molar-refractivity contribution in [3.8, 4) is 0 Å². The largest absolute Gasteiger partial charge is 0.363 e. The summed E-state index contributed by atoms with van der Waals surface area (Å²) < 4.78 is 3.52. The number of pyridine rings is 1. The number of aryl methyl sites for hydroxylation is 1. The van der Waals surface area contributed by atoms with E-state index in [2.05, 4.69) is 48.8 Å². The van der Waals surface area contributed by atoms with Crippen molar-refractivity contribution < 1.29 is 0 Å². The summed E-state index contributed by atoms with van der Waals surface area (Å²) in [6, 6.07) is 13.0. The Hall–Kier alpha value is -2.47. The number of halogens is 1. The van der Waals surface area contributed by atoms with Crippen LogP contribution in [-0.4, -0.2) is 39.3 Å². The van der Waals surface area contributed by atoms with E-state index < -0.39 is 0 Å². The van der Waals surface area contributed by atoms with E-state index in [0.717, 1.165) is 47.2 Å². The van der Waals surface area contributed by atoms with Crippen LogP contribution in [0.1, 0.15) is 27.2 Å². The molecule has 0 spiro atoms. The summed E-state index contributed by atoms with van der Waals surface area (Å²) in [5.74, 6) is 0.956. The molecule has 1 aromatic carbocycles. The lowest BCUT2D eigenvalue weighted by Gasteiger charge is -2.36. The molecule has 0 N–H and O–H groups in total. The van der Waals surface area contributed by atoms with Crippen LogP contribution in [0.15, 0.2) is 41.2 Å². The first-order chi connectivity index (χ1) is 14.2. The average Bonchev–Trinajstić information content (AvgIpc) is 3.36. The number of piperazine rings is 1. The number of imidazole rings is 1. The number of para-hydroxylation sites is 1. The Kier molecular flexibility index (Phi) is 4.40. The fraction of sp³-hybridized carbons (Fsp3) is 0.478. The summed E-state index contributed by atoms with van der Waals surface area (Å²) in [6.07, 6.45) is 1.11. The van der Waals surface area contributed by atoms with Gasteiger partial charge < -0.3 is 9.80 Å². The molecule has 2 bridgehead atoms. The molecule has 2 atom stereocenters. The predicted molar refractivity (Wildman–Crippen MR) is 123 cm³/mol. The van der Waals surface area contributed by atoms with E-state index in [1.54, 1.807) is 4.57 Å². The van der Waals surface area contributed by atoms with Crippen molar-refractivity contribution >= 4 is 34.3 Å². The van der Waals surface area contributed by atoms with Crippen LogP contribution in [0.25, 0.3) is 11.2 Å². The maximum Gasteiger partial charge on any atom is 0.330 e. The smallest absolute Gasteiger partial charge is 0.330 e. The number of nitrogens with zero attached hydrogens (tertiary/aromatic N) is 5. The topological polar surface area (TPSA) is 46.3 Å². The van der Waals surface area contributed by atoms with E-state index in [4.69, 9.17) is 16.6 Å². The molecule has 0 saturated carbocycles. The monoisotopic (exact) mass is 425 g/mol. The summed E-state index contributed by atoms with van der Waals surface area (Å²) in [5, 5.41) is 0.811. The highest BCUT2D eigenvalue weighted by Crippen LogP contribution is 2.39. The number of benzene rings is 1. The van der Waals surface area contributed by atoms with Gasteiger partial charge >= 0.3 is 5.69 Å². The molecule has 0 radical (unpaired) electrons. The highest BCUT2D eigenvalue weighted by atomic mass is 35.5. The van der Waals surface area contributed by atoms with Gasteiger partial charge in [0.2, 0.25) is 0 Å². The Morgan fingerprint density at radius 1 is 1.07 bits per heavy atom. The van der Waals surface area contributed by atoms with Gasteiger partial charge in [0.25, 0.3) is 0 Å². The van der Waals surface area contributed by atoms with E-state index in [1.807, 2.05) is 29.8 Å². The molecule has 2 fully saturated rings. The predicted octanol–water partition coefficient (Wildman–Crippen LogP) is 3.90. The maximum absolute atomic E-state index is 12.8. The Morgan fingerprint density at radius 2 is 1.77 bits per heavy atom. The van der Waals surface area contributed by atoms with Crippen LogP contribution in [0.4, 0.5) is 11.5 Å². The number of rotatable bonds is 3. The molecule has 3 aromatic rings. The zero-order valence-electron chi connectivity index (χ0n) is 18.0. The van der Waals surface area contributed by atoms with Crippen LogP contribution < -0.4 is 15.5 Å². The van der Waals surface area contributed by atoms with E-state index in [1.165, 1.54) is 0 Å². The van der Waals surface area contributed by atoms with Crippen molar-refractivity contribution in [2.24, 2.45) is 12.5 Å². The Balaban J connectivity index is 1.44. The lowest BCUT2D eigenvalue weighted by Crippen LogP contribution is -2.47. The van der Waals surface area contributed by atoms with E-state index in [9.17, 15) is 4.79 Å². The normalized spacial score (nSPS) is 21.2. The quantitative estimate of drug-likeness (QED) is 0.638. The molecule has 2 aliphatic rings. The fourth-order valence-electron chi connectivity index (χ4n) is 4.98. The van der Waals surface area contributed by atoms with Gasteiger partial charge in [-0.1, -0.05) is 44.5 Å². The van der Waals surface area contributed by atoms with Gasteiger partial charge in [-0.25, -0.2) is 9.78 Å². The van der Waals surface area contributed by atoms with Crippen LogP contribution >= 0.6 is 11.6 Å².